The summed E-state index contributed by atoms with van der Waals surface area (Å²) in [5.41, 5.74) is 0.837. The van der Waals surface area contributed by atoms with Gasteiger partial charge in [0.25, 0.3) is 0 Å². The van der Waals surface area contributed by atoms with Crippen LogP contribution >= 0.6 is 0 Å². The van der Waals surface area contributed by atoms with Gasteiger partial charge in [0.05, 0.1) is 6.10 Å². The van der Waals surface area contributed by atoms with Crippen LogP contribution in [0.2, 0.25) is 0 Å². The van der Waals surface area contributed by atoms with Crippen LogP contribution in [0.5, 0.6) is 0 Å². The number of hydrogen-bond donors (Lipinski definition) is 1. The summed E-state index contributed by atoms with van der Waals surface area (Å²) < 4.78 is 20.1. The number of ether oxygens (including phenoxy) is 1. The summed E-state index contributed by atoms with van der Waals surface area (Å²) >= 11 is 0. The Kier molecular flexibility index (Phi) is 5.14. The average molecular weight is 333 g/mol. The summed E-state index contributed by atoms with van der Waals surface area (Å²) in [7, 11) is 0. The van der Waals surface area contributed by atoms with Crippen LogP contribution in [0.4, 0.5) is 4.39 Å². The van der Waals surface area contributed by atoms with Crippen LogP contribution in [0.3, 0.4) is 0 Å². The Balaban J connectivity index is 1.72. The lowest BCUT2D eigenvalue weighted by Crippen LogP contribution is -2.38. The minimum Gasteiger partial charge on any atom is -0.376 e. The number of aryl methyl sites for hydroxylation is 1. The molecule has 1 amide bonds. The smallest absolute Gasteiger partial charge is 0.245 e. The molecule has 8 heteroatoms. The molecule has 1 aliphatic heterocycles. The number of hydrogen-bond acceptors (Lipinski definition) is 5. The third-order valence-electron chi connectivity index (χ3n) is 4.13. The lowest BCUT2D eigenvalue weighted by molar-refractivity contribution is -0.125. The number of aromatic nitrogens is 4. The first-order valence-electron chi connectivity index (χ1n) is 8.01. The predicted molar refractivity (Wildman–Crippen MR) is 83.7 cm³/mol. The van der Waals surface area contributed by atoms with Gasteiger partial charge in [-0.15, -0.1) is 5.10 Å². The van der Waals surface area contributed by atoms with E-state index in [0.717, 1.165) is 25.0 Å². The molecule has 2 aromatic rings. The summed E-state index contributed by atoms with van der Waals surface area (Å²) in [6.45, 7) is 2.95. The highest BCUT2D eigenvalue weighted by molar-refractivity contribution is 5.80. The number of halogens is 1. The minimum absolute atomic E-state index is 0.0652. The topological polar surface area (TPSA) is 81.9 Å². The zero-order valence-electron chi connectivity index (χ0n) is 13.5. The number of nitrogens with zero attached hydrogens (tertiary/aromatic N) is 4. The standard InChI is InChI=1S/C16H20FN5O2/c1-11-19-20-21-22(11)15(9-12-4-6-13(17)7-5-12)16(23)18-10-14-3-2-8-24-14/h4-7,14-15H,2-3,8-10H2,1H3,(H,18,23). The van der Waals surface area contributed by atoms with Gasteiger partial charge in [0, 0.05) is 19.6 Å². The quantitative estimate of drug-likeness (QED) is 0.859. The molecule has 7 nitrogen and oxygen atoms in total. The molecule has 2 heterocycles. The Morgan fingerprint density at radius 2 is 2.25 bits per heavy atom. The molecule has 3 rings (SSSR count). The highest BCUT2D eigenvalue weighted by Gasteiger charge is 2.25. The second kappa shape index (κ2) is 7.48. The molecule has 2 atom stereocenters. The Labute approximate surface area is 139 Å². The first kappa shape index (κ1) is 16.5. The fraction of sp³-hybridized carbons (Fsp3) is 0.500. The first-order chi connectivity index (χ1) is 11.6. The normalized spacial score (nSPS) is 18.5. The molecule has 1 aliphatic rings. The maximum absolute atomic E-state index is 13.1. The molecule has 1 fully saturated rings. The largest absolute Gasteiger partial charge is 0.376 e. The molecule has 2 unspecified atom stereocenters. The molecule has 1 aromatic heterocycles. The Hall–Kier alpha value is -2.35. The zero-order valence-corrected chi connectivity index (χ0v) is 13.5. The second-order valence-electron chi connectivity index (χ2n) is 5.90. The monoisotopic (exact) mass is 333 g/mol. The van der Waals surface area contributed by atoms with Crippen molar-refractivity contribution in [3.63, 3.8) is 0 Å². The van der Waals surface area contributed by atoms with E-state index in [0.29, 0.717) is 18.8 Å². The van der Waals surface area contributed by atoms with Crippen LogP contribution < -0.4 is 5.32 Å². The number of rotatable bonds is 6. The fourth-order valence-corrected chi connectivity index (χ4v) is 2.80. The van der Waals surface area contributed by atoms with Crippen molar-refractivity contribution in [3.05, 3.63) is 41.5 Å². The van der Waals surface area contributed by atoms with Crippen molar-refractivity contribution in [2.24, 2.45) is 0 Å². The van der Waals surface area contributed by atoms with E-state index in [4.69, 9.17) is 4.74 Å². The highest BCUT2D eigenvalue weighted by Crippen LogP contribution is 2.16. The van der Waals surface area contributed by atoms with Gasteiger partial charge in [0.2, 0.25) is 5.91 Å². The number of benzene rings is 1. The van der Waals surface area contributed by atoms with Crippen molar-refractivity contribution >= 4 is 5.91 Å². The van der Waals surface area contributed by atoms with Crippen LogP contribution in [0.25, 0.3) is 0 Å². The van der Waals surface area contributed by atoms with Crippen LogP contribution in [-0.4, -0.2) is 45.4 Å². The summed E-state index contributed by atoms with van der Waals surface area (Å²) in [4.78, 5) is 12.7. The third-order valence-corrected chi connectivity index (χ3v) is 4.13. The van der Waals surface area contributed by atoms with Gasteiger partial charge in [0.15, 0.2) is 0 Å². The summed E-state index contributed by atoms with van der Waals surface area (Å²) in [5, 5.41) is 14.3. The molecule has 1 saturated heterocycles. The second-order valence-corrected chi connectivity index (χ2v) is 5.90. The Morgan fingerprint density at radius 1 is 1.46 bits per heavy atom. The van der Waals surface area contributed by atoms with Gasteiger partial charge in [-0.25, -0.2) is 9.07 Å². The molecule has 128 valence electrons. The molecular weight excluding hydrogens is 313 g/mol. The molecule has 0 aliphatic carbocycles. The zero-order chi connectivity index (χ0) is 16.9. The molecule has 0 bridgehead atoms. The molecule has 1 N–H and O–H groups in total. The number of nitrogens with one attached hydrogen (secondary N) is 1. The van der Waals surface area contributed by atoms with Gasteiger partial charge in [0.1, 0.15) is 17.7 Å². The number of tetrazole rings is 1. The molecule has 0 spiro atoms. The van der Waals surface area contributed by atoms with Gasteiger partial charge in [-0.3, -0.25) is 4.79 Å². The predicted octanol–water partition coefficient (Wildman–Crippen LogP) is 1.20. The number of amides is 1. The van der Waals surface area contributed by atoms with Gasteiger partial charge >= 0.3 is 0 Å². The fourth-order valence-electron chi connectivity index (χ4n) is 2.80. The SMILES string of the molecule is Cc1nnnn1C(Cc1ccc(F)cc1)C(=O)NCC1CCCO1. The van der Waals surface area contributed by atoms with Crippen LogP contribution in [0.1, 0.15) is 30.3 Å². The molecular formula is C16H20FN5O2. The summed E-state index contributed by atoms with van der Waals surface area (Å²) in [6, 6.07) is 5.49. The maximum Gasteiger partial charge on any atom is 0.245 e. The maximum atomic E-state index is 13.1. The van der Waals surface area contributed by atoms with E-state index < -0.39 is 6.04 Å². The summed E-state index contributed by atoms with van der Waals surface area (Å²) in [5.74, 6) is 0.0661. The van der Waals surface area contributed by atoms with E-state index in [1.54, 1.807) is 19.1 Å². The van der Waals surface area contributed by atoms with Gasteiger partial charge < -0.3 is 10.1 Å². The van der Waals surface area contributed by atoms with Crippen molar-refractivity contribution in [2.45, 2.75) is 38.3 Å². The third kappa shape index (κ3) is 3.94. The highest BCUT2D eigenvalue weighted by atomic mass is 19.1. The van der Waals surface area contributed by atoms with E-state index in [2.05, 4.69) is 20.8 Å². The Morgan fingerprint density at radius 3 is 2.88 bits per heavy atom. The van der Waals surface area contributed by atoms with Gasteiger partial charge in [-0.05, 0) is 47.9 Å². The van der Waals surface area contributed by atoms with Crippen molar-refractivity contribution in [3.8, 4) is 0 Å². The lowest BCUT2D eigenvalue weighted by Gasteiger charge is -2.19. The molecule has 24 heavy (non-hydrogen) atoms. The van der Waals surface area contributed by atoms with Gasteiger partial charge in [-0.2, -0.15) is 0 Å². The van der Waals surface area contributed by atoms with E-state index in [1.165, 1.54) is 16.8 Å². The molecule has 1 aromatic carbocycles. The molecule has 0 radical (unpaired) electrons. The number of carbonyl (C=O) groups is 1. The van der Waals surface area contributed by atoms with Crippen molar-refractivity contribution in [1.29, 1.82) is 0 Å². The Bertz CT molecular complexity index is 682. The first-order valence-corrected chi connectivity index (χ1v) is 8.01. The van der Waals surface area contributed by atoms with E-state index in [9.17, 15) is 9.18 Å². The van der Waals surface area contributed by atoms with Crippen LogP contribution in [0, 0.1) is 12.7 Å². The lowest BCUT2D eigenvalue weighted by atomic mass is 10.0. The van der Waals surface area contributed by atoms with Crippen molar-refractivity contribution < 1.29 is 13.9 Å². The van der Waals surface area contributed by atoms with Crippen LogP contribution in [-0.2, 0) is 16.0 Å². The van der Waals surface area contributed by atoms with E-state index >= 15 is 0 Å². The van der Waals surface area contributed by atoms with Crippen molar-refractivity contribution in [2.75, 3.05) is 13.2 Å². The molecule has 0 saturated carbocycles. The van der Waals surface area contributed by atoms with Gasteiger partial charge in [-0.1, -0.05) is 12.1 Å². The van der Waals surface area contributed by atoms with Crippen molar-refractivity contribution in [1.82, 2.24) is 25.5 Å². The average Bonchev–Trinajstić information content (AvgIpc) is 3.24. The number of carbonyl (C=O) groups excluding carboxylic acids is 1. The van der Waals surface area contributed by atoms with Crippen LogP contribution in [0.15, 0.2) is 24.3 Å². The van der Waals surface area contributed by atoms with E-state index in [-0.39, 0.29) is 17.8 Å². The minimum atomic E-state index is -0.591. The summed E-state index contributed by atoms with van der Waals surface area (Å²) in [6.07, 6.45) is 2.41. The van der Waals surface area contributed by atoms with E-state index in [1.807, 2.05) is 0 Å².